The number of nitrogens with one attached hydrogen (secondary N) is 1. The number of hydrogen-bond donors (Lipinski definition) is 2. The van der Waals surface area contributed by atoms with Gasteiger partial charge in [0.25, 0.3) is 5.91 Å². The fourth-order valence-corrected chi connectivity index (χ4v) is 3.70. The van der Waals surface area contributed by atoms with Crippen molar-refractivity contribution >= 4 is 45.2 Å². The lowest BCUT2D eigenvalue weighted by Gasteiger charge is -2.15. The molecule has 3 aromatic carbocycles. The largest absolute Gasteiger partial charge is 0.508 e. The minimum Gasteiger partial charge on any atom is -0.508 e. The van der Waals surface area contributed by atoms with Gasteiger partial charge in [0.15, 0.2) is 11.5 Å². The molecule has 2 N–H and O–H groups in total. The van der Waals surface area contributed by atoms with E-state index in [9.17, 15) is 15.2 Å². The summed E-state index contributed by atoms with van der Waals surface area (Å²) < 4.78 is 12.3. The van der Waals surface area contributed by atoms with E-state index in [-0.39, 0.29) is 17.9 Å². The minimum atomic E-state index is -0.571. The lowest BCUT2D eigenvalue weighted by Crippen LogP contribution is -2.13. The Labute approximate surface area is 205 Å². The molecule has 0 fully saturated rings. The first kappa shape index (κ1) is 24.2. The van der Waals surface area contributed by atoms with Crippen molar-refractivity contribution in [2.24, 2.45) is 0 Å². The molecular weight excluding hydrogens is 508 g/mol. The maximum Gasteiger partial charge on any atom is 0.266 e. The van der Waals surface area contributed by atoms with Crippen LogP contribution in [0.3, 0.4) is 0 Å². The number of ether oxygens (including phenoxy) is 2. The van der Waals surface area contributed by atoms with Crippen molar-refractivity contribution in [2.75, 3.05) is 11.9 Å². The zero-order valence-electron chi connectivity index (χ0n) is 17.6. The zero-order valence-corrected chi connectivity index (χ0v) is 20.0. The smallest absolute Gasteiger partial charge is 0.266 e. The molecule has 0 radical (unpaired) electrons. The van der Waals surface area contributed by atoms with E-state index >= 15 is 0 Å². The van der Waals surface area contributed by atoms with Crippen LogP contribution in [0, 0.1) is 11.3 Å². The summed E-state index contributed by atoms with van der Waals surface area (Å²) in [4.78, 5) is 12.5. The SMILES string of the molecule is CCOc1cc(/C=C(\C#N)C(=O)Nc2ccc(O)cc2)cc(Br)c1OCc1cccc(Cl)c1. The Morgan fingerprint density at radius 2 is 1.94 bits per heavy atom. The molecule has 8 heteroatoms. The molecule has 0 aliphatic rings. The zero-order chi connectivity index (χ0) is 23.8. The first-order chi connectivity index (χ1) is 15.9. The summed E-state index contributed by atoms with van der Waals surface area (Å²) in [7, 11) is 0. The predicted octanol–water partition coefficient (Wildman–Crippen LogP) is 6.33. The molecule has 0 aliphatic carbocycles. The Kier molecular flexibility index (Phi) is 8.36. The van der Waals surface area contributed by atoms with Gasteiger partial charge in [0, 0.05) is 10.7 Å². The Morgan fingerprint density at radius 1 is 1.18 bits per heavy atom. The van der Waals surface area contributed by atoms with Gasteiger partial charge in [0.2, 0.25) is 0 Å². The van der Waals surface area contributed by atoms with Crippen molar-refractivity contribution in [1.82, 2.24) is 0 Å². The number of rotatable bonds is 8. The number of benzene rings is 3. The summed E-state index contributed by atoms with van der Waals surface area (Å²) in [5, 5.41) is 22.1. The normalized spacial score (nSPS) is 10.9. The fourth-order valence-electron chi connectivity index (χ4n) is 2.91. The summed E-state index contributed by atoms with van der Waals surface area (Å²) in [5.41, 5.74) is 1.85. The lowest BCUT2D eigenvalue weighted by atomic mass is 10.1. The van der Waals surface area contributed by atoms with Crippen LogP contribution in [0.4, 0.5) is 5.69 Å². The highest BCUT2D eigenvalue weighted by Crippen LogP contribution is 2.38. The number of carbonyl (C=O) groups excluding carboxylic acids is 1. The van der Waals surface area contributed by atoms with Crippen molar-refractivity contribution in [3.8, 4) is 23.3 Å². The van der Waals surface area contributed by atoms with Crippen LogP contribution in [0.5, 0.6) is 17.2 Å². The highest BCUT2D eigenvalue weighted by atomic mass is 79.9. The molecule has 0 unspecified atom stereocenters. The summed E-state index contributed by atoms with van der Waals surface area (Å²) >= 11 is 9.54. The second kappa shape index (κ2) is 11.4. The van der Waals surface area contributed by atoms with Crippen molar-refractivity contribution in [1.29, 1.82) is 5.26 Å². The van der Waals surface area contributed by atoms with Crippen LogP contribution in [0.2, 0.25) is 5.02 Å². The Balaban J connectivity index is 1.84. The molecule has 0 saturated heterocycles. The van der Waals surface area contributed by atoms with Gasteiger partial charge in [-0.15, -0.1) is 0 Å². The summed E-state index contributed by atoms with van der Waals surface area (Å²) in [6.07, 6.45) is 1.46. The number of amides is 1. The van der Waals surface area contributed by atoms with Gasteiger partial charge in [-0.05, 0) is 88.6 Å². The van der Waals surface area contributed by atoms with Crippen molar-refractivity contribution in [3.05, 3.63) is 86.9 Å². The first-order valence-electron chi connectivity index (χ1n) is 9.95. The highest BCUT2D eigenvalue weighted by Gasteiger charge is 2.15. The van der Waals surface area contributed by atoms with Crippen LogP contribution in [0.15, 0.2) is 70.7 Å². The number of hydrogen-bond acceptors (Lipinski definition) is 5. The Bertz CT molecular complexity index is 1220. The maximum atomic E-state index is 12.5. The number of phenols is 1. The van der Waals surface area contributed by atoms with Gasteiger partial charge in [-0.1, -0.05) is 23.7 Å². The molecule has 0 atom stereocenters. The predicted molar refractivity (Wildman–Crippen MR) is 131 cm³/mol. The van der Waals surface area contributed by atoms with Gasteiger partial charge < -0.3 is 19.9 Å². The van der Waals surface area contributed by atoms with Crippen LogP contribution in [-0.4, -0.2) is 17.6 Å². The van der Waals surface area contributed by atoms with E-state index in [1.54, 1.807) is 18.2 Å². The third-order valence-corrected chi connectivity index (χ3v) is 5.23. The molecule has 33 heavy (non-hydrogen) atoms. The third-order valence-electron chi connectivity index (χ3n) is 4.41. The van der Waals surface area contributed by atoms with E-state index in [2.05, 4.69) is 21.2 Å². The van der Waals surface area contributed by atoms with Crippen molar-refractivity contribution in [3.63, 3.8) is 0 Å². The number of nitriles is 1. The Hall–Kier alpha value is -3.47. The molecule has 0 bridgehead atoms. The van der Waals surface area contributed by atoms with Crippen LogP contribution in [0.1, 0.15) is 18.1 Å². The van der Waals surface area contributed by atoms with Crippen LogP contribution in [0.25, 0.3) is 6.08 Å². The molecule has 0 saturated carbocycles. The minimum absolute atomic E-state index is 0.0787. The van der Waals surface area contributed by atoms with Crippen LogP contribution < -0.4 is 14.8 Å². The van der Waals surface area contributed by atoms with Gasteiger partial charge in [0.05, 0.1) is 11.1 Å². The molecular formula is C25H20BrClN2O4. The molecule has 0 spiro atoms. The second-order valence-electron chi connectivity index (χ2n) is 6.85. The molecule has 0 aromatic heterocycles. The van der Waals surface area contributed by atoms with Crippen molar-refractivity contribution < 1.29 is 19.4 Å². The first-order valence-corrected chi connectivity index (χ1v) is 11.1. The molecule has 3 aromatic rings. The average molecular weight is 528 g/mol. The van der Waals surface area contributed by atoms with Crippen molar-refractivity contribution in [2.45, 2.75) is 13.5 Å². The number of halogens is 2. The van der Waals surface area contributed by atoms with E-state index < -0.39 is 5.91 Å². The molecule has 6 nitrogen and oxygen atoms in total. The molecule has 0 heterocycles. The van der Waals surface area contributed by atoms with E-state index in [1.807, 2.05) is 31.2 Å². The summed E-state index contributed by atoms with van der Waals surface area (Å²) in [6, 6.07) is 18.7. The molecule has 168 valence electrons. The van der Waals surface area contributed by atoms with E-state index in [0.717, 1.165) is 5.56 Å². The molecule has 1 amide bonds. The van der Waals surface area contributed by atoms with E-state index in [1.165, 1.54) is 30.3 Å². The Morgan fingerprint density at radius 3 is 2.61 bits per heavy atom. The lowest BCUT2D eigenvalue weighted by molar-refractivity contribution is -0.112. The van der Waals surface area contributed by atoms with Crippen LogP contribution in [-0.2, 0) is 11.4 Å². The number of carbonyl (C=O) groups is 1. The molecule has 3 rings (SSSR count). The third kappa shape index (κ3) is 6.75. The van der Waals surface area contributed by atoms with Gasteiger partial charge in [0.1, 0.15) is 24.0 Å². The number of anilines is 1. The average Bonchev–Trinajstić information content (AvgIpc) is 2.78. The van der Waals surface area contributed by atoms with E-state index in [4.69, 9.17) is 21.1 Å². The number of phenolic OH excluding ortho intramolecular Hbond substituents is 1. The van der Waals surface area contributed by atoms with Crippen LogP contribution >= 0.6 is 27.5 Å². The standard InChI is InChI=1S/C25H20BrClN2O4/c1-2-32-23-13-17(10-18(14-28)25(31)29-20-6-8-21(30)9-7-20)12-22(26)24(23)33-15-16-4-3-5-19(27)11-16/h3-13,30H,2,15H2,1H3,(H,29,31)/b18-10+. The highest BCUT2D eigenvalue weighted by molar-refractivity contribution is 9.10. The van der Waals surface area contributed by atoms with Gasteiger partial charge in [-0.2, -0.15) is 5.26 Å². The monoisotopic (exact) mass is 526 g/mol. The summed E-state index contributed by atoms with van der Waals surface area (Å²) in [5.74, 6) is 0.478. The molecule has 0 aliphatic heterocycles. The van der Waals surface area contributed by atoms with Gasteiger partial charge in [-0.25, -0.2) is 0 Å². The maximum absolute atomic E-state index is 12.5. The van der Waals surface area contributed by atoms with E-state index in [0.29, 0.717) is 38.9 Å². The van der Waals surface area contributed by atoms with Gasteiger partial charge >= 0.3 is 0 Å². The quantitative estimate of drug-likeness (QED) is 0.203. The summed E-state index contributed by atoms with van der Waals surface area (Å²) in [6.45, 7) is 2.54. The second-order valence-corrected chi connectivity index (χ2v) is 8.14. The fraction of sp³-hybridized carbons (Fsp3) is 0.120. The van der Waals surface area contributed by atoms with Gasteiger partial charge in [-0.3, -0.25) is 4.79 Å². The topological polar surface area (TPSA) is 91.6 Å². The number of nitrogens with zero attached hydrogens (tertiary/aromatic N) is 1. The number of aromatic hydroxyl groups is 1.